The van der Waals surface area contributed by atoms with Gasteiger partial charge in [-0.05, 0) is 19.3 Å². The van der Waals surface area contributed by atoms with E-state index in [1.165, 1.54) is 5.01 Å². The van der Waals surface area contributed by atoms with Crippen LogP contribution >= 0.6 is 22.9 Å². The fraction of sp³-hybridized carbons (Fsp3) is 0.545. The van der Waals surface area contributed by atoms with E-state index >= 15 is 0 Å². The fourth-order valence-electron chi connectivity index (χ4n) is 1.53. The van der Waals surface area contributed by atoms with Crippen LogP contribution in [0.25, 0.3) is 0 Å². The highest BCUT2D eigenvalue weighted by Gasteiger charge is 2.04. The van der Waals surface area contributed by atoms with Gasteiger partial charge >= 0.3 is 0 Å². The number of halogens is 1. The van der Waals surface area contributed by atoms with Crippen molar-refractivity contribution in [3.63, 3.8) is 0 Å². The number of aryl methyl sites for hydroxylation is 2. The van der Waals surface area contributed by atoms with E-state index in [4.69, 9.17) is 11.6 Å². The monoisotopic (exact) mass is 270 g/mol. The van der Waals surface area contributed by atoms with E-state index in [0.717, 1.165) is 30.7 Å². The van der Waals surface area contributed by atoms with Crippen molar-refractivity contribution in [2.24, 2.45) is 0 Å². The van der Waals surface area contributed by atoms with Gasteiger partial charge in [0, 0.05) is 17.5 Å². The highest BCUT2D eigenvalue weighted by molar-refractivity contribution is 7.09. The molecule has 0 unspecified atom stereocenters. The molecule has 0 atom stereocenters. The molecule has 4 nitrogen and oxygen atoms in total. The molecule has 0 saturated heterocycles. The van der Waals surface area contributed by atoms with E-state index in [1.54, 1.807) is 11.3 Å². The van der Waals surface area contributed by atoms with Gasteiger partial charge in [0.1, 0.15) is 0 Å². The van der Waals surface area contributed by atoms with Crippen molar-refractivity contribution in [1.29, 1.82) is 0 Å². The largest absolute Gasteiger partial charge is 0.246 e. The van der Waals surface area contributed by atoms with Gasteiger partial charge in [-0.3, -0.25) is 0 Å². The fourth-order valence-corrected chi connectivity index (χ4v) is 2.40. The van der Waals surface area contributed by atoms with Crippen molar-refractivity contribution < 1.29 is 0 Å². The molecule has 0 aliphatic rings. The van der Waals surface area contributed by atoms with Gasteiger partial charge in [-0.1, -0.05) is 12.1 Å². The van der Waals surface area contributed by atoms with Gasteiger partial charge in [-0.25, -0.2) is 9.67 Å². The first-order valence-corrected chi connectivity index (χ1v) is 7.11. The number of hydrogen-bond donors (Lipinski definition) is 0. The minimum atomic E-state index is 0.665. The highest BCUT2D eigenvalue weighted by atomic mass is 35.5. The summed E-state index contributed by atoms with van der Waals surface area (Å²) in [6.45, 7) is 2.81. The van der Waals surface area contributed by atoms with Gasteiger partial charge in [-0.2, -0.15) is 0 Å². The smallest absolute Gasteiger partial charge is 0.0926 e. The molecule has 0 radical (unpaired) electrons. The molecule has 0 aliphatic carbocycles. The van der Waals surface area contributed by atoms with Gasteiger partial charge in [-0.15, -0.1) is 28.0 Å². The summed E-state index contributed by atoms with van der Waals surface area (Å²) in [5.74, 6) is 0.665. The quantitative estimate of drug-likeness (QED) is 0.758. The van der Waals surface area contributed by atoms with Gasteiger partial charge in [0.25, 0.3) is 0 Å². The van der Waals surface area contributed by atoms with Crippen LogP contribution in [0.15, 0.2) is 11.6 Å². The van der Waals surface area contributed by atoms with Crippen molar-refractivity contribution in [2.45, 2.75) is 32.7 Å². The number of hydrogen-bond acceptors (Lipinski definition) is 4. The Morgan fingerprint density at radius 3 is 3.00 bits per heavy atom. The number of rotatable bonds is 6. The topological polar surface area (TPSA) is 43.6 Å². The van der Waals surface area contributed by atoms with Gasteiger partial charge in [0.15, 0.2) is 0 Å². The Labute approximate surface area is 110 Å². The van der Waals surface area contributed by atoms with Crippen LogP contribution in [0.3, 0.4) is 0 Å². The molecule has 6 heteroatoms. The zero-order valence-corrected chi connectivity index (χ0v) is 11.3. The summed E-state index contributed by atoms with van der Waals surface area (Å²) in [4.78, 5) is 4.50. The predicted octanol–water partition coefficient (Wildman–Crippen LogP) is 2.52. The van der Waals surface area contributed by atoms with E-state index < -0.39 is 0 Å². The third kappa shape index (κ3) is 3.51. The lowest BCUT2D eigenvalue weighted by Gasteiger charge is -1.95. The molecule has 0 N–H and O–H groups in total. The predicted molar refractivity (Wildman–Crippen MR) is 69.7 cm³/mol. The lowest BCUT2D eigenvalue weighted by Crippen LogP contribution is -2.00. The van der Waals surface area contributed by atoms with E-state index in [0.29, 0.717) is 12.4 Å². The van der Waals surface area contributed by atoms with Crippen molar-refractivity contribution in [3.05, 3.63) is 28.0 Å². The Kier molecular flexibility index (Phi) is 4.50. The zero-order chi connectivity index (χ0) is 12.1. The minimum absolute atomic E-state index is 0.665. The molecule has 0 spiro atoms. The number of thiazole rings is 1. The lowest BCUT2D eigenvalue weighted by molar-refractivity contribution is 0.639. The number of alkyl halides is 1. The maximum absolute atomic E-state index is 5.64. The maximum atomic E-state index is 5.64. The number of aromatic nitrogens is 4. The molecule has 2 rings (SSSR count). The molecule has 92 valence electrons. The van der Waals surface area contributed by atoms with Crippen LogP contribution in [0.1, 0.15) is 29.7 Å². The van der Waals surface area contributed by atoms with Crippen molar-refractivity contribution in [1.82, 2.24) is 20.0 Å². The molecule has 0 bridgehead atoms. The standard InChI is InChI=1S/C11H15ClN4S/c1-2-11-13-10(8-17-11)7-16-6-9(14-15-16)4-3-5-12/h6,8H,2-5,7H2,1H3. The van der Waals surface area contributed by atoms with Crippen molar-refractivity contribution >= 4 is 22.9 Å². The lowest BCUT2D eigenvalue weighted by atomic mass is 10.3. The summed E-state index contributed by atoms with van der Waals surface area (Å²) in [6.07, 6.45) is 4.79. The summed E-state index contributed by atoms with van der Waals surface area (Å²) in [6, 6.07) is 0. The van der Waals surface area contributed by atoms with E-state index in [9.17, 15) is 0 Å². The average Bonchev–Trinajstić information content (AvgIpc) is 2.96. The third-order valence-electron chi connectivity index (χ3n) is 2.38. The van der Waals surface area contributed by atoms with E-state index in [2.05, 4.69) is 27.6 Å². The Hall–Kier alpha value is -0.940. The summed E-state index contributed by atoms with van der Waals surface area (Å²) in [5.41, 5.74) is 2.05. The molecule has 2 aromatic rings. The molecule has 0 aliphatic heterocycles. The maximum Gasteiger partial charge on any atom is 0.0926 e. The second kappa shape index (κ2) is 6.12. The first kappa shape index (κ1) is 12.5. The van der Waals surface area contributed by atoms with Crippen LogP contribution in [0.5, 0.6) is 0 Å². The first-order chi connectivity index (χ1) is 8.31. The molecule has 0 amide bonds. The summed E-state index contributed by atoms with van der Waals surface area (Å²) in [5, 5.41) is 11.4. The van der Waals surface area contributed by atoms with E-state index in [-0.39, 0.29) is 0 Å². The van der Waals surface area contributed by atoms with Crippen LogP contribution < -0.4 is 0 Å². The summed E-state index contributed by atoms with van der Waals surface area (Å²) in [7, 11) is 0. The Morgan fingerprint density at radius 2 is 2.29 bits per heavy atom. The van der Waals surface area contributed by atoms with Crippen LogP contribution in [0.2, 0.25) is 0 Å². The van der Waals surface area contributed by atoms with Crippen molar-refractivity contribution in [2.75, 3.05) is 5.88 Å². The molecule has 0 aromatic carbocycles. The van der Waals surface area contributed by atoms with Crippen LogP contribution in [-0.4, -0.2) is 25.9 Å². The minimum Gasteiger partial charge on any atom is -0.246 e. The van der Waals surface area contributed by atoms with Crippen molar-refractivity contribution in [3.8, 4) is 0 Å². The summed E-state index contributed by atoms with van der Waals surface area (Å²) >= 11 is 7.34. The molecular weight excluding hydrogens is 256 g/mol. The Bertz CT molecular complexity index is 465. The molecule has 2 heterocycles. The Morgan fingerprint density at radius 1 is 1.41 bits per heavy atom. The van der Waals surface area contributed by atoms with Crippen LogP contribution in [0, 0.1) is 0 Å². The zero-order valence-electron chi connectivity index (χ0n) is 9.77. The first-order valence-electron chi connectivity index (χ1n) is 5.70. The average molecular weight is 271 g/mol. The van der Waals surface area contributed by atoms with Crippen LogP contribution in [-0.2, 0) is 19.4 Å². The van der Waals surface area contributed by atoms with E-state index in [1.807, 2.05) is 10.9 Å². The summed E-state index contributed by atoms with van der Waals surface area (Å²) < 4.78 is 1.83. The van der Waals surface area contributed by atoms with Gasteiger partial charge in [0.2, 0.25) is 0 Å². The van der Waals surface area contributed by atoms with Gasteiger partial charge in [0.05, 0.1) is 22.9 Å². The number of nitrogens with zero attached hydrogens (tertiary/aromatic N) is 4. The SMILES string of the molecule is CCc1nc(Cn2cc(CCCCl)nn2)cs1. The molecule has 0 fully saturated rings. The highest BCUT2D eigenvalue weighted by Crippen LogP contribution is 2.11. The second-order valence-electron chi connectivity index (χ2n) is 3.79. The second-order valence-corrected chi connectivity index (χ2v) is 5.11. The normalized spacial score (nSPS) is 10.9. The molecule has 2 aromatic heterocycles. The Balaban J connectivity index is 1.96. The third-order valence-corrected chi connectivity index (χ3v) is 3.69. The van der Waals surface area contributed by atoms with Crippen LogP contribution in [0.4, 0.5) is 0 Å². The molecule has 17 heavy (non-hydrogen) atoms. The molecule has 0 saturated carbocycles. The van der Waals surface area contributed by atoms with Gasteiger partial charge < -0.3 is 0 Å². The molecular formula is C11H15ClN4S.